The van der Waals surface area contributed by atoms with Gasteiger partial charge in [-0.2, -0.15) is 0 Å². The lowest BCUT2D eigenvalue weighted by atomic mass is 10.0. The molecule has 0 bridgehead atoms. The van der Waals surface area contributed by atoms with Crippen molar-refractivity contribution in [3.8, 4) is 0 Å². The van der Waals surface area contributed by atoms with E-state index >= 15 is 0 Å². The molecule has 9 heteroatoms. The van der Waals surface area contributed by atoms with Gasteiger partial charge in [0.2, 0.25) is 0 Å². The average Bonchev–Trinajstić information content (AvgIpc) is 2.47. The molecule has 2 aromatic rings. The van der Waals surface area contributed by atoms with Crippen LogP contribution in [-0.2, 0) is 0 Å². The molecule has 1 atom stereocenters. The van der Waals surface area contributed by atoms with Crippen molar-refractivity contribution in [1.82, 2.24) is 4.98 Å². The fourth-order valence-electron chi connectivity index (χ4n) is 1.87. The van der Waals surface area contributed by atoms with E-state index in [1.807, 2.05) is 0 Å². The summed E-state index contributed by atoms with van der Waals surface area (Å²) in [6.45, 7) is 1.65. The highest BCUT2D eigenvalue weighted by molar-refractivity contribution is 8.93. The highest BCUT2D eigenvalue weighted by Gasteiger charge is 2.19. The van der Waals surface area contributed by atoms with E-state index < -0.39 is 16.9 Å². The van der Waals surface area contributed by atoms with Crippen LogP contribution >= 0.6 is 34.0 Å². The molecule has 7 nitrogen and oxygen atoms in total. The number of pyridine rings is 1. The lowest BCUT2D eigenvalue weighted by Crippen LogP contribution is -2.14. The molecule has 1 aromatic carbocycles. The highest BCUT2D eigenvalue weighted by Crippen LogP contribution is 2.25. The van der Waals surface area contributed by atoms with Crippen molar-refractivity contribution in [2.24, 2.45) is 5.73 Å². The van der Waals surface area contributed by atoms with Crippen LogP contribution in [0.15, 0.2) is 42.7 Å². The Kier molecular flexibility index (Phi) is 8.59. The maximum absolute atomic E-state index is 12.1. The number of nitro benzene ring substituents is 1. The Bertz CT molecular complexity index is 681. The number of nitro groups is 1. The molecule has 23 heavy (non-hydrogen) atoms. The summed E-state index contributed by atoms with van der Waals surface area (Å²) in [5, 5.41) is 13.7. The van der Waals surface area contributed by atoms with E-state index in [1.54, 1.807) is 19.1 Å². The Morgan fingerprint density at radius 2 is 1.87 bits per heavy atom. The number of nitrogens with one attached hydrogen (secondary N) is 1. The van der Waals surface area contributed by atoms with Crippen molar-refractivity contribution in [2.75, 3.05) is 5.32 Å². The standard InChI is InChI=1S/C14H14N4O3.2BrH/c1-9(15)12-3-2-10(8-13(12)18(20)21)14(19)17-11-4-6-16-7-5-11;;/h2-9H,15H2,1H3,(H,16,17,19);2*1H/t9-;;/m1../s1. The lowest BCUT2D eigenvalue weighted by molar-refractivity contribution is -0.385. The summed E-state index contributed by atoms with van der Waals surface area (Å²) < 4.78 is 0. The Morgan fingerprint density at radius 1 is 1.26 bits per heavy atom. The number of rotatable bonds is 4. The van der Waals surface area contributed by atoms with Crippen molar-refractivity contribution in [3.63, 3.8) is 0 Å². The zero-order valence-electron chi connectivity index (χ0n) is 12.1. The summed E-state index contributed by atoms with van der Waals surface area (Å²) >= 11 is 0. The molecule has 0 unspecified atom stereocenters. The minimum Gasteiger partial charge on any atom is -0.324 e. The van der Waals surface area contributed by atoms with Gasteiger partial charge in [-0.15, -0.1) is 34.0 Å². The van der Waals surface area contributed by atoms with Gasteiger partial charge >= 0.3 is 0 Å². The van der Waals surface area contributed by atoms with E-state index in [2.05, 4.69) is 10.3 Å². The van der Waals surface area contributed by atoms with Crippen LogP contribution in [0.2, 0.25) is 0 Å². The molecule has 0 aliphatic carbocycles. The van der Waals surface area contributed by atoms with Crippen LogP contribution in [0.4, 0.5) is 11.4 Å². The molecule has 1 amide bonds. The predicted molar refractivity (Wildman–Crippen MR) is 98.5 cm³/mol. The number of nitrogens with two attached hydrogens (primary N) is 1. The first-order chi connectivity index (χ1) is 9.99. The van der Waals surface area contributed by atoms with Gasteiger partial charge in [0.05, 0.1) is 4.92 Å². The number of anilines is 1. The Balaban J connectivity index is 0.00000242. The predicted octanol–water partition coefficient (Wildman–Crippen LogP) is 3.42. The van der Waals surface area contributed by atoms with E-state index in [4.69, 9.17) is 5.73 Å². The average molecular weight is 448 g/mol. The smallest absolute Gasteiger partial charge is 0.274 e. The van der Waals surface area contributed by atoms with E-state index in [-0.39, 0.29) is 45.2 Å². The SMILES string of the molecule is Br.Br.C[C@@H](N)c1ccc(C(=O)Nc2ccncc2)cc1[N+](=O)[O-]. The summed E-state index contributed by atoms with van der Waals surface area (Å²) in [7, 11) is 0. The Morgan fingerprint density at radius 3 is 2.39 bits per heavy atom. The Hall–Kier alpha value is -1.84. The van der Waals surface area contributed by atoms with Gasteiger partial charge < -0.3 is 11.1 Å². The molecule has 0 radical (unpaired) electrons. The first-order valence-corrected chi connectivity index (χ1v) is 6.24. The number of hydrogen-bond donors (Lipinski definition) is 2. The fraction of sp³-hybridized carbons (Fsp3) is 0.143. The van der Waals surface area contributed by atoms with Gasteiger partial charge in [0.25, 0.3) is 11.6 Å². The third-order valence-corrected chi connectivity index (χ3v) is 2.92. The van der Waals surface area contributed by atoms with Crippen LogP contribution in [0.3, 0.4) is 0 Å². The summed E-state index contributed by atoms with van der Waals surface area (Å²) in [5.74, 6) is -0.430. The van der Waals surface area contributed by atoms with Crippen molar-refractivity contribution in [3.05, 3.63) is 64.0 Å². The molecule has 124 valence electrons. The molecular formula is C14H16Br2N4O3. The van der Waals surface area contributed by atoms with Gasteiger partial charge in [0.15, 0.2) is 0 Å². The van der Waals surface area contributed by atoms with Gasteiger partial charge in [-0.05, 0) is 31.2 Å². The third-order valence-electron chi connectivity index (χ3n) is 2.92. The molecule has 3 N–H and O–H groups in total. The molecule has 0 aliphatic heterocycles. The Labute approximate surface area is 154 Å². The third kappa shape index (κ3) is 5.38. The molecule has 0 fully saturated rings. The molecule has 2 rings (SSSR count). The van der Waals surface area contributed by atoms with Crippen molar-refractivity contribution >= 4 is 51.2 Å². The second-order valence-corrected chi connectivity index (χ2v) is 4.51. The number of carbonyl (C=O) groups is 1. The molecule has 0 spiro atoms. The van der Waals surface area contributed by atoms with Crippen LogP contribution in [0.1, 0.15) is 28.9 Å². The monoisotopic (exact) mass is 446 g/mol. The van der Waals surface area contributed by atoms with Crippen molar-refractivity contribution in [2.45, 2.75) is 13.0 Å². The van der Waals surface area contributed by atoms with Gasteiger partial charge in [-0.3, -0.25) is 19.9 Å². The molecule has 0 saturated heterocycles. The maximum atomic E-state index is 12.1. The molecule has 0 aliphatic rings. The van der Waals surface area contributed by atoms with Crippen LogP contribution in [0.25, 0.3) is 0 Å². The number of carbonyl (C=O) groups excluding carboxylic acids is 1. The number of amides is 1. The number of hydrogen-bond acceptors (Lipinski definition) is 5. The zero-order valence-corrected chi connectivity index (χ0v) is 15.6. The number of halogens is 2. The molecule has 1 aromatic heterocycles. The minimum absolute atomic E-state index is 0. The molecule has 1 heterocycles. The van der Waals surface area contributed by atoms with Crippen LogP contribution < -0.4 is 11.1 Å². The summed E-state index contributed by atoms with van der Waals surface area (Å²) in [4.78, 5) is 26.5. The first kappa shape index (κ1) is 21.2. The number of aromatic nitrogens is 1. The van der Waals surface area contributed by atoms with Gasteiger partial charge in [-0.1, -0.05) is 0 Å². The quantitative estimate of drug-likeness (QED) is 0.550. The second-order valence-electron chi connectivity index (χ2n) is 4.51. The molecular weight excluding hydrogens is 432 g/mol. The van der Waals surface area contributed by atoms with Gasteiger partial charge in [0.1, 0.15) is 0 Å². The minimum atomic E-state index is -0.540. The highest BCUT2D eigenvalue weighted by atomic mass is 79.9. The fourth-order valence-corrected chi connectivity index (χ4v) is 1.87. The van der Waals surface area contributed by atoms with Gasteiger partial charge in [0, 0.05) is 41.3 Å². The van der Waals surface area contributed by atoms with E-state index in [1.165, 1.54) is 30.6 Å². The summed E-state index contributed by atoms with van der Waals surface area (Å²) in [6.07, 6.45) is 3.08. The largest absolute Gasteiger partial charge is 0.324 e. The van der Waals surface area contributed by atoms with Crippen molar-refractivity contribution < 1.29 is 9.72 Å². The van der Waals surface area contributed by atoms with E-state index in [0.29, 0.717) is 11.3 Å². The van der Waals surface area contributed by atoms with E-state index in [9.17, 15) is 14.9 Å². The number of benzene rings is 1. The van der Waals surface area contributed by atoms with E-state index in [0.717, 1.165) is 0 Å². The maximum Gasteiger partial charge on any atom is 0.274 e. The lowest BCUT2D eigenvalue weighted by Gasteiger charge is -2.09. The van der Waals surface area contributed by atoms with Crippen LogP contribution in [-0.4, -0.2) is 15.8 Å². The van der Waals surface area contributed by atoms with Crippen LogP contribution in [0, 0.1) is 10.1 Å². The molecule has 0 saturated carbocycles. The summed E-state index contributed by atoms with van der Waals surface area (Å²) in [6, 6.07) is 7.02. The zero-order chi connectivity index (χ0) is 15.4. The summed E-state index contributed by atoms with van der Waals surface area (Å²) in [5.41, 5.74) is 6.68. The first-order valence-electron chi connectivity index (χ1n) is 6.24. The number of nitrogens with zero attached hydrogens (tertiary/aromatic N) is 2. The van der Waals surface area contributed by atoms with Crippen LogP contribution in [0.5, 0.6) is 0 Å². The topological polar surface area (TPSA) is 111 Å². The van der Waals surface area contributed by atoms with Gasteiger partial charge in [-0.25, -0.2) is 0 Å². The normalized spacial score (nSPS) is 10.7. The second kappa shape index (κ2) is 9.33. The van der Waals surface area contributed by atoms with Crippen molar-refractivity contribution in [1.29, 1.82) is 0 Å².